The summed E-state index contributed by atoms with van der Waals surface area (Å²) in [6.45, 7) is 0. The van der Waals surface area contributed by atoms with Gasteiger partial charge >= 0.3 is 5.97 Å². The van der Waals surface area contributed by atoms with Crippen LogP contribution in [-0.2, 0) is 4.79 Å². The fourth-order valence-electron chi connectivity index (χ4n) is 0.682. The highest BCUT2D eigenvalue weighted by Gasteiger charge is 2.21. The van der Waals surface area contributed by atoms with Crippen molar-refractivity contribution in [2.75, 3.05) is 0 Å². The predicted molar refractivity (Wildman–Crippen MR) is 29.9 cm³/mol. The molecule has 0 aromatic carbocycles. The average molecular weight is 129 g/mol. The van der Waals surface area contributed by atoms with Crippen LogP contribution in [0, 0.1) is 0 Å². The van der Waals surface area contributed by atoms with Crippen molar-refractivity contribution in [2.45, 2.75) is 12.5 Å². The van der Waals surface area contributed by atoms with Crippen LogP contribution in [0.1, 0.15) is 6.42 Å². The molecule has 0 saturated carbocycles. The molecule has 3 N–H and O–H groups in total. The maximum Gasteiger partial charge on any atom is 0.326 e. The quantitative estimate of drug-likeness (QED) is 0.459. The Kier molecular flexibility index (Phi) is 1.30. The standard InChI is InChI=1S/C5H7NO3/c7-3-1-4(5(8)9)6-2-3/h2,4,6-7H,1H2,(H,8,9). The van der Waals surface area contributed by atoms with E-state index in [1.54, 1.807) is 0 Å². The first-order valence-corrected chi connectivity index (χ1v) is 2.57. The van der Waals surface area contributed by atoms with Crippen LogP contribution >= 0.6 is 0 Å². The summed E-state index contributed by atoms with van der Waals surface area (Å²) >= 11 is 0. The van der Waals surface area contributed by atoms with Crippen LogP contribution in [0.3, 0.4) is 0 Å². The van der Waals surface area contributed by atoms with E-state index in [0.717, 1.165) is 0 Å². The van der Waals surface area contributed by atoms with Gasteiger partial charge in [0.1, 0.15) is 11.8 Å². The van der Waals surface area contributed by atoms with E-state index in [-0.39, 0.29) is 12.2 Å². The molecule has 0 saturated heterocycles. The van der Waals surface area contributed by atoms with Crippen LogP contribution in [0.15, 0.2) is 12.0 Å². The number of aliphatic carboxylic acids is 1. The third-order valence-corrected chi connectivity index (χ3v) is 1.16. The zero-order chi connectivity index (χ0) is 6.85. The van der Waals surface area contributed by atoms with Crippen LogP contribution in [0.5, 0.6) is 0 Å². The summed E-state index contributed by atoms with van der Waals surface area (Å²) in [5.74, 6) is -0.835. The molecular formula is C5H7NO3. The molecule has 1 aliphatic rings. The lowest BCUT2D eigenvalue weighted by atomic mass is 10.2. The van der Waals surface area contributed by atoms with Crippen molar-refractivity contribution >= 4 is 5.97 Å². The molecular weight excluding hydrogens is 122 g/mol. The van der Waals surface area contributed by atoms with Crippen LogP contribution in [0.4, 0.5) is 0 Å². The lowest BCUT2D eigenvalue weighted by molar-refractivity contribution is -0.139. The summed E-state index contributed by atoms with van der Waals surface area (Å²) in [6.07, 6.45) is 1.49. The Morgan fingerprint density at radius 2 is 2.56 bits per heavy atom. The van der Waals surface area contributed by atoms with Gasteiger partial charge in [-0.3, -0.25) is 0 Å². The van der Waals surface area contributed by atoms with Gasteiger partial charge < -0.3 is 15.5 Å². The van der Waals surface area contributed by atoms with Gasteiger partial charge in [-0.05, 0) is 0 Å². The number of nitrogens with one attached hydrogen (secondary N) is 1. The first-order chi connectivity index (χ1) is 4.20. The normalized spacial score (nSPS) is 24.9. The first kappa shape index (κ1) is 5.94. The number of hydrogen-bond donors (Lipinski definition) is 3. The van der Waals surface area contributed by atoms with Crippen LogP contribution < -0.4 is 5.32 Å². The van der Waals surface area contributed by atoms with Gasteiger partial charge in [0.2, 0.25) is 0 Å². The Balaban J connectivity index is 2.47. The summed E-state index contributed by atoms with van der Waals surface area (Å²) in [7, 11) is 0. The van der Waals surface area contributed by atoms with Crippen molar-refractivity contribution in [1.29, 1.82) is 0 Å². The summed E-state index contributed by atoms with van der Waals surface area (Å²) in [6, 6.07) is -0.634. The Bertz CT molecular complexity index is 164. The molecule has 0 bridgehead atoms. The zero-order valence-electron chi connectivity index (χ0n) is 4.66. The van der Waals surface area contributed by atoms with E-state index >= 15 is 0 Å². The molecule has 1 atom stereocenters. The number of hydrogen-bond acceptors (Lipinski definition) is 3. The Labute approximate surface area is 51.8 Å². The third kappa shape index (κ3) is 1.13. The lowest BCUT2D eigenvalue weighted by Gasteiger charge is -2.01. The molecule has 0 fully saturated rings. The van der Waals surface area contributed by atoms with E-state index in [9.17, 15) is 4.79 Å². The minimum absolute atomic E-state index is 0.0994. The number of aliphatic hydroxyl groups is 1. The second-order valence-electron chi connectivity index (χ2n) is 1.90. The summed E-state index contributed by atoms with van der Waals surface area (Å²) in [5, 5.41) is 19.5. The molecule has 0 aromatic rings. The van der Waals surface area contributed by atoms with E-state index in [0.29, 0.717) is 0 Å². The molecule has 1 rings (SSSR count). The lowest BCUT2D eigenvalue weighted by Crippen LogP contribution is -2.28. The van der Waals surface area contributed by atoms with Gasteiger partial charge in [-0.2, -0.15) is 0 Å². The molecule has 0 amide bonds. The van der Waals surface area contributed by atoms with Gasteiger partial charge in [-0.1, -0.05) is 0 Å². The minimum atomic E-state index is -0.935. The molecule has 0 aromatic heterocycles. The zero-order valence-corrected chi connectivity index (χ0v) is 4.66. The van der Waals surface area contributed by atoms with E-state index in [4.69, 9.17) is 10.2 Å². The number of carboxylic acid groups (broad SMARTS) is 1. The SMILES string of the molecule is O=C(O)C1CC(O)=CN1. The largest absolute Gasteiger partial charge is 0.511 e. The van der Waals surface area contributed by atoms with Crippen molar-refractivity contribution < 1.29 is 15.0 Å². The Hall–Kier alpha value is -1.19. The minimum Gasteiger partial charge on any atom is -0.511 e. The van der Waals surface area contributed by atoms with Crippen molar-refractivity contribution in [1.82, 2.24) is 5.32 Å². The van der Waals surface area contributed by atoms with E-state index in [1.165, 1.54) is 6.20 Å². The molecule has 4 nitrogen and oxygen atoms in total. The number of aliphatic hydroxyl groups excluding tert-OH is 1. The molecule has 1 heterocycles. The molecule has 9 heavy (non-hydrogen) atoms. The van der Waals surface area contributed by atoms with E-state index in [2.05, 4.69) is 5.32 Å². The molecule has 1 unspecified atom stereocenters. The van der Waals surface area contributed by atoms with E-state index < -0.39 is 12.0 Å². The second kappa shape index (κ2) is 1.97. The molecule has 0 aliphatic carbocycles. The van der Waals surface area contributed by atoms with Crippen LogP contribution in [0.25, 0.3) is 0 Å². The maximum absolute atomic E-state index is 10.1. The van der Waals surface area contributed by atoms with E-state index in [1.807, 2.05) is 0 Å². The second-order valence-corrected chi connectivity index (χ2v) is 1.90. The van der Waals surface area contributed by atoms with Crippen molar-refractivity contribution in [3.63, 3.8) is 0 Å². The highest BCUT2D eigenvalue weighted by atomic mass is 16.4. The third-order valence-electron chi connectivity index (χ3n) is 1.16. The molecule has 0 spiro atoms. The highest BCUT2D eigenvalue weighted by molar-refractivity contribution is 5.74. The van der Waals surface area contributed by atoms with Gasteiger partial charge in [0.25, 0.3) is 0 Å². The molecule has 0 radical (unpaired) electrons. The van der Waals surface area contributed by atoms with Crippen molar-refractivity contribution in [3.05, 3.63) is 12.0 Å². The molecule has 4 heteroatoms. The Morgan fingerprint density at radius 3 is 2.78 bits per heavy atom. The fourth-order valence-corrected chi connectivity index (χ4v) is 0.682. The van der Waals surface area contributed by atoms with Gasteiger partial charge in [0, 0.05) is 12.6 Å². The monoisotopic (exact) mass is 129 g/mol. The van der Waals surface area contributed by atoms with Crippen LogP contribution in [-0.4, -0.2) is 22.2 Å². The van der Waals surface area contributed by atoms with Crippen molar-refractivity contribution in [2.24, 2.45) is 0 Å². The fraction of sp³-hybridized carbons (Fsp3) is 0.400. The van der Waals surface area contributed by atoms with Gasteiger partial charge in [0.15, 0.2) is 0 Å². The highest BCUT2D eigenvalue weighted by Crippen LogP contribution is 2.07. The summed E-state index contributed by atoms with van der Waals surface area (Å²) in [4.78, 5) is 10.1. The predicted octanol–water partition coefficient (Wildman–Crippen LogP) is -0.168. The Morgan fingerprint density at radius 1 is 1.89 bits per heavy atom. The number of carboxylic acids is 1. The molecule has 1 aliphatic heterocycles. The molecule has 50 valence electrons. The van der Waals surface area contributed by atoms with Crippen molar-refractivity contribution in [3.8, 4) is 0 Å². The number of carbonyl (C=O) groups is 1. The summed E-state index contributed by atoms with van der Waals surface area (Å²) < 4.78 is 0. The topological polar surface area (TPSA) is 69.6 Å². The smallest absolute Gasteiger partial charge is 0.326 e. The average Bonchev–Trinajstić information content (AvgIpc) is 2.14. The van der Waals surface area contributed by atoms with Gasteiger partial charge in [-0.15, -0.1) is 0 Å². The van der Waals surface area contributed by atoms with Gasteiger partial charge in [0.05, 0.1) is 0 Å². The van der Waals surface area contributed by atoms with Gasteiger partial charge in [-0.25, -0.2) is 4.79 Å². The number of rotatable bonds is 1. The first-order valence-electron chi connectivity index (χ1n) is 2.57. The summed E-state index contributed by atoms with van der Waals surface area (Å²) in [5.41, 5.74) is 0. The van der Waals surface area contributed by atoms with Crippen LogP contribution in [0.2, 0.25) is 0 Å². The maximum atomic E-state index is 10.1.